The summed E-state index contributed by atoms with van der Waals surface area (Å²) in [5.41, 5.74) is -0.497. The molecule has 1 saturated carbocycles. The van der Waals surface area contributed by atoms with Gasteiger partial charge in [-0.1, -0.05) is 6.07 Å². The van der Waals surface area contributed by atoms with Crippen molar-refractivity contribution in [2.24, 2.45) is 11.8 Å². The number of piperazine rings is 1. The normalized spacial score (nSPS) is 21.6. The van der Waals surface area contributed by atoms with Crippen LogP contribution in [-0.4, -0.2) is 60.5 Å². The minimum atomic E-state index is -0.859. The van der Waals surface area contributed by atoms with Gasteiger partial charge < -0.3 is 19.9 Å². The lowest BCUT2D eigenvalue weighted by atomic mass is 10.2. The lowest BCUT2D eigenvalue weighted by Crippen LogP contribution is -2.51. The van der Waals surface area contributed by atoms with Crippen LogP contribution in [0, 0.1) is 23.5 Å². The maximum atomic E-state index is 13.6. The number of anilines is 1. The first-order chi connectivity index (χ1) is 12.9. The standard InChI is InChI=1S/C18H21F2N3O4/c1-2-27-18(26)23-8-6-22(7-9-23)17(25)12-10-11(12)16(24)21-15-13(19)4-3-5-14(15)20/h3-5,11-12H,2,6-10H2,1H3,(H,21,24). The summed E-state index contributed by atoms with van der Waals surface area (Å²) in [5.74, 6) is -3.55. The molecule has 0 bridgehead atoms. The number of ether oxygens (including phenoxy) is 1. The number of carbonyl (C=O) groups excluding carboxylic acids is 3. The fourth-order valence-electron chi connectivity index (χ4n) is 3.15. The van der Waals surface area contributed by atoms with Gasteiger partial charge in [0.25, 0.3) is 0 Å². The number of hydrogen-bond acceptors (Lipinski definition) is 4. The molecule has 146 valence electrons. The smallest absolute Gasteiger partial charge is 0.409 e. The number of hydrogen-bond donors (Lipinski definition) is 1. The van der Waals surface area contributed by atoms with Crippen molar-refractivity contribution in [3.05, 3.63) is 29.8 Å². The Balaban J connectivity index is 1.51. The first-order valence-electron chi connectivity index (χ1n) is 8.87. The van der Waals surface area contributed by atoms with Gasteiger partial charge in [0.05, 0.1) is 18.4 Å². The second kappa shape index (κ2) is 7.89. The first-order valence-corrected chi connectivity index (χ1v) is 8.87. The van der Waals surface area contributed by atoms with Crippen LogP contribution in [0.25, 0.3) is 0 Å². The second-order valence-electron chi connectivity index (χ2n) is 6.55. The number of carbonyl (C=O) groups is 3. The average molecular weight is 381 g/mol. The van der Waals surface area contributed by atoms with Gasteiger partial charge in [-0.05, 0) is 25.5 Å². The Bertz CT molecular complexity index is 730. The molecule has 9 heteroatoms. The van der Waals surface area contributed by atoms with E-state index in [9.17, 15) is 23.2 Å². The van der Waals surface area contributed by atoms with E-state index in [0.717, 1.165) is 12.1 Å². The van der Waals surface area contributed by atoms with E-state index < -0.39 is 41.2 Å². The SMILES string of the molecule is CCOC(=O)N1CCN(C(=O)C2CC2C(=O)Nc2c(F)cccc2F)CC1. The molecular weight excluding hydrogens is 360 g/mol. The molecule has 2 unspecified atom stereocenters. The third kappa shape index (κ3) is 4.17. The quantitative estimate of drug-likeness (QED) is 0.863. The molecule has 1 aliphatic heterocycles. The zero-order valence-electron chi connectivity index (χ0n) is 14.9. The highest BCUT2D eigenvalue weighted by Crippen LogP contribution is 2.41. The van der Waals surface area contributed by atoms with Gasteiger partial charge in [0.2, 0.25) is 11.8 Å². The Morgan fingerprint density at radius 1 is 1.07 bits per heavy atom. The van der Waals surface area contributed by atoms with Crippen LogP contribution in [0.3, 0.4) is 0 Å². The summed E-state index contributed by atoms with van der Waals surface area (Å²) in [7, 11) is 0. The molecule has 0 aromatic heterocycles. The molecule has 1 aromatic carbocycles. The Hall–Kier alpha value is -2.71. The van der Waals surface area contributed by atoms with Crippen molar-refractivity contribution in [2.75, 3.05) is 38.1 Å². The molecule has 7 nitrogen and oxygen atoms in total. The van der Waals surface area contributed by atoms with Gasteiger partial charge >= 0.3 is 6.09 Å². The number of benzene rings is 1. The monoisotopic (exact) mass is 381 g/mol. The summed E-state index contributed by atoms with van der Waals surface area (Å²) in [6.45, 7) is 3.49. The Kier molecular flexibility index (Phi) is 5.57. The van der Waals surface area contributed by atoms with Crippen LogP contribution in [0.2, 0.25) is 0 Å². The Labute approximate surface area is 155 Å². The summed E-state index contributed by atoms with van der Waals surface area (Å²) in [4.78, 5) is 39.6. The van der Waals surface area contributed by atoms with Gasteiger partial charge in [-0.25, -0.2) is 13.6 Å². The highest BCUT2D eigenvalue weighted by Gasteiger charge is 2.50. The Morgan fingerprint density at radius 2 is 1.67 bits per heavy atom. The third-order valence-corrected chi connectivity index (χ3v) is 4.77. The third-order valence-electron chi connectivity index (χ3n) is 4.77. The van der Waals surface area contributed by atoms with Gasteiger partial charge in [0.15, 0.2) is 0 Å². The number of halogens is 2. The highest BCUT2D eigenvalue weighted by molar-refractivity contribution is 5.99. The van der Waals surface area contributed by atoms with E-state index in [0.29, 0.717) is 39.2 Å². The zero-order chi connectivity index (χ0) is 19.6. The van der Waals surface area contributed by atoms with Gasteiger partial charge in [-0.2, -0.15) is 0 Å². The molecule has 1 heterocycles. The highest BCUT2D eigenvalue weighted by atomic mass is 19.1. The summed E-state index contributed by atoms with van der Waals surface area (Å²) in [6, 6.07) is 3.31. The fourth-order valence-corrected chi connectivity index (χ4v) is 3.15. The average Bonchev–Trinajstić information content (AvgIpc) is 3.45. The molecular formula is C18H21F2N3O4. The second-order valence-corrected chi connectivity index (χ2v) is 6.55. The molecule has 2 aliphatic rings. The van der Waals surface area contributed by atoms with Crippen LogP contribution in [-0.2, 0) is 14.3 Å². The van der Waals surface area contributed by atoms with Crippen LogP contribution >= 0.6 is 0 Å². The van der Waals surface area contributed by atoms with E-state index >= 15 is 0 Å². The van der Waals surface area contributed by atoms with E-state index in [1.54, 1.807) is 11.8 Å². The van der Waals surface area contributed by atoms with E-state index in [2.05, 4.69) is 5.32 Å². The number of amides is 3. The fraction of sp³-hybridized carbons (Fsp3) is 0.500. The maximum Gasteiger partial charge on any atom is 0.409 e. The molecule has 1 saturated heterocycles. The van der Waals surface area contributed by atoms with E-state index in [1.165, 1.54) is 11.0 Å². The predicted molar refractivity (Wildman–Crippen MR) is 91.8 cm³/mol. The zero-order valence-corrected chi connectivity index (χ0v) is 14.9. The molecule has 1 N–H and O–H groups in total. The lowest BCUT2D eigenvalue weighted by molar-refractivity contribution is -0.135. The van der Waals surface area contributed by atoms with Crippen LogP contribution in [0.1, 0.15) is 13.3 Å². The molecule has 3 rings (SSSR count). The minimum Gasteiger partial charge on any atom is -0.450 e. The van der Waals surface area contributed by atoms with Gasteiger partial charge in [0, 0.05) is 26.2 Å². The topological polar surface area (TPSA) is 79.0 Å². The molecule has 3 amide bonds. The van der Waals surface area contributed by atoms with Gasteiger partial charge in [-0.15, -0.1) is 0 Å². The van der Waals surface area contributed by atoms with Crippen LogP contribution in [0.4, 0.5) is 19.3 Å². The van der Waals surface area contributed by atoms with Crippen molar-refractivity contribution < 1.29 is 27.9 Å². The van der Waals surface area contributed by atoms with E-state index in [1.807, 2.05) is 0 Å². The molecule has 1 aromatic rings. The lowest BCUT2D eigenvalue weighted by Gasteiger charge is -2.34. The number of nitrogens with zero attached hydrogens (tertiary/aromatic N) is 2. The largest absolute Gasteiger partial charge is 0.450 e. The van der Waals surface area contributed by atoms with Crippen molar-refractivity contribution in [3.63, 3.8) is 0 Å². The van der Waals surface area contributed by atoms with Crippen molar-refractivity contribution in [2.45, 2.75) is 13.3 Å². The molecule has 2 atom stereocenters. The number of para-hydroxylation sites is 1. The molecule has 27 heavy (non-hydrogen) atoms. The summed E-state index contributed by atoms with van der Waals surface area (Å²) in [6.07, 6.45) is -0.0565. The van der Waals surface area contributed by atoms with Crippen molar-refractivity contribution >= 4 is 23.6 Å². The van der Waals surface area contributed by atoms with Gasteiger partial charge in [-0.3, -0.25) is 9.59 Å². The van der Waals surface area contributed by atoms with Crippen LogP contribution in [0.15, 0.2) is 18.2 Å². The molecule has 1 aliphatic carbocycles. The molecule has 0 spiro atoms. The van der Waals surface area contributed by atoms with Crippen molar-refractivity contribution in [1.82, 2.24) is 9.80 Å². The van der Waals surface area contributed by atoms with Gasteiger partial charge in [0.1, 0.15) is 17.3 Å². The van der Waals surface area contributed by atoms with Crippen molar-refractivity contribution in [3.8, 4) is 0 Å². The molecule has 0 radical (unpaired) electrons. The summed E-state index contributed by atoms with van der Waals surface area (Å²) in [5, 5.41) is 2.24. The van der Waals surface area contributed by atoms with Crippen LogP contribution in [0.5, 0.6) is 0 Å². The summed E-state index contributed by atoms with van der Waals surface area (Å²) < 4.78 is 32.2. The number of rotatable bonds is 4. The molecule has 2 fully saturated rings. The van der Waals surface area contributed by atoms with Crippen LogP contribution < -0.4 is 5.32 Å². The minimum absolute atomic E-state index is 0.173. The Morgan fingerprint density at radius 3 is 2.26 bits per heavy atom. The van der Waals surface area contributed by atoms with E-state index in [-0.39, 0.29) is 5.91 Å². The summed E-state index contributed by atoms with van der Waals surface area (Å²) >= 11 is 0. The first kappa shape index (κ1) is 19.1. The van der Waals surface area contributed by atoms with Crippen molar-refractivity contribution in [1.29, 1.82) is 0 Å². The maximum absolute atomic E-state index is 13.6. The number of nitrogens with one attached hydrogen (secondary N) is 1. The van der Waals surface area contributed by atoms with E-state index in [4.69, 9.17) is 4.74 Å². The predicted octanol–water partition coefficient (Wildman–Crippen LogP) is 1.84.